The van der Waals surface area contributed by atoms with Crippen LogP contribution >= 0.6 is 22.9 Å². The van der Waals surface area contributed by atoms with Gasteiger partial charge in [-0.25, -0.2) is 9.37 Å². The summed E-state index contributed by atoms with van der Waals surface area (Å²) >= 11 is 8.45. The highest BCUT2D eigenvalue weighted by molar-refractivity contribution is 7.22. The normalized spacial score (nSPS) is 26.0. The Bertz CT molecular complexity index is 1760. The number of para-hydroxylation sites is 1. The maximum Gasteiger partial charge on any atom is 0.319 e. The van der Waals surface area contributed by atoms with Crippen molar-refractivity contribution in [2.45, 2.75) is 62.2 Å². The van der Waals surface area contributed by atoms with Gasteiger partial charge in [-0.05, 0) is 57.7 Å². The predicted octanol–water partition coefficient (Wildman–Crippen LogP) is 4.99. The summed E-state index contributed by atoms with van der Waals surface area (Å²) in [5.74, 6) is 0.515. The Balaban J connectivity index is 1.25. The van der Waals surface area contributed by atoms with Crippen LogP contribution in [-0.4, -0.2) is 76.4 Å². The van der Waals surface area contributed by atoms with Gasteiger partial charge in [-0.2, -0.15) is 9.97 Å². The van der Waals surface area contributed by atoms with E-state index in [0.717, 1.165) is 50.0 Å². The lowest BCUT2D eigenvalue weighted by atomic mass is 9.95. The monoisotopic (exact) mass is 607 g/mol. The minimum atomic E-state index is -0.534. The van der Waals surface area contributed by atoms with Crippen LogP contribution in [0, 0.1) is 5.82 Å². The van der Waals surface area contributed by atoms with Crippen molar-refractivity contribution < 1.29 is 13.9 Å². The number of anilines is 2. The number of nitrogen functional groups attached to an aromatic ring is 1. The van der Waals surface area contributed by atoms with Gasteiger partial charge in [0.1, 0.15) is 24.5 Å². The van der Waals surface area contributed by atoms with Crippen molar-refractivity contribution in [1.82, 2.24) is 25.2 Å². The molecule has 4 saturated heterocycles. The van der Waals surface area contributed by atoms with E-state index in [9.17, 15) is 0 Å². The van der Waals surface area contributed by atoms with Gasteiger partial charge < -0.3 is 25.4 Å². The van der Waals surface area contributed by atoms with Gasteiger partial charge in [0, 0.05) is 29.8 Å². The Morgan fingerprint density at radius 3 is 2.88 bits per heavy atom. The van der Waals surface area contributed by atoms with Crippen LogP contribution in [0.5, 0.6) is 11.8 Å². The third kappa shape index (κ3) is 3.63. The molecule has 0 saturated carbocycles. The second kappa shape index (κ2) is 9.25. The molecule has 7 heterocycles. The van der Waals surface area contributed by atoms with Gasteiger partial charge in [0.05, 0.1) is 32.2 Å². The molecule has 3 N–H and O–H groups in total. The Kier molecular flexibility index (Phi) is 5.62. The van der Waals surface area contributed by atoms with Crippen molar-refractivity contribution in [3.8, 4) is 22.9 Å². The molecule has 0 spiro atoms. The summed E-state index contributed by atoms with van der Waals surface area (Å²) in [6.07, 6.45) is 6.69. The van der Waals surface area contributed by atoms with Crippen molar-refractivity contribution in [1.29, 1.82) is 0 Å². The number of nitrogens with two attached hydrogens (primary N) is 1. The molecule has 9 nitrogen and oxygen atoms in total. The minimum Gasteiger partial charge on any atom is -0.489 e. The molecule has 2 aromatic heterocycles. The molecule has 4 aromatic rings. The quantitative estimate of drug-likeness (QED) is 0.332. The molecule has 3 atom stereocenters. The van der Waals surface area contributed by atoms with Gasteiger partial charge in [-0.1, -0.05) is 35.1 Å². The number of ether oxygens (including phenoxy) is 2. The fourth-order valence-electron chi connectivity index (χ4n) is 8.21. The zero-order valence-electron chi connectivity index (χ0n) is 23.0. The number of hydrogen-bond donors (Lipinski definition) is 2. The van der Waals surface area contributed by atoms with Gasteiger partial charge in [0.25, 0.3) is 0 Å². The van der Waals surface area contributed by atoms with E-state index in [4.69, 9.17) is 36.8 Å². The van der Waals surface area contributed by atoms with Crippen molar-refractivity contribution in [2.75, 3.05) is 43.5 Å². The summed E-state index contributed by atoms with van der Waals surface area (Å²) in [5.41, 5.74) is 7.59. The van der Waals surface area contributed by atoms with Crippen LogP contribution in [-0.2, 0) is 0 Å². The average molecular weight is 608 g/mol. The zero-order valence-corrected chi connectivity index (χ0v) is 24.6. The van der Waals surface area contributed by atoms with Crippen LogP contribution in [0.4, 0.5) is 15.3 Å². The number of fused-ring (bicyclic) bond motifs is 7. The number of benzene rings is 2. The topological polar surface area (TPSA) is 102 Å². The molecule has 218 valence electrons. The summed E-state index contributed by atoms with van der Waals surface area (Å²) in [4.78, 5) is 19.1. The van der Waals surface area contributed by atoms with Crippen molar-refractivity contribution >= 4 is 55.0 Å². The zero-order chi connectivity index (χ0) is 28.2. The first-order valence-corrected chi connectivity index (χ1v) is 16.1. The smallest absolute Gasteiger partial charge is 0.319 e. The van der Waals surface area contributed by atoms with E-state index in [2.05, 4.69) is 20.1 Å². The molecule has 5 aliphatic heterocycles. The number of halogens is 2. The predicted molar refractivity (Wildman–Crippen MR) is 162 cm³/mol. The fraction of sp³-hybridized carbons (Fsp3) is 0.500. The summed E-state index contributed by atoms with van der Waals surface area (Å²) < 4.78 is 30.7. The number of nitrogens with one attached hydrogen (secondary N) is 1. The van der Waals surface area contributed by atoms with Crippen LogP contribution in [0.2, 0.25) is 5.02 Å². The van der Waals surface area contributed by atoms with Gasteiger partial charge in [0.2, 0.25) is 0 Å². The highest BCUT2D eigenvalue weighted by Crippen LogP contribution is 2.50. The molecule has 2 aromatic carbocycles. The number of thiazole rings is 1. The molecule has 0 amide bonds. The van der Waals surface area contributed by atoms with E-state index >= 15 is 4.39 Å². The number of rotatable bonds is 4. The van der Waals surface area contributed by atoms with Gasteiger partial charge in [0.15, 0.2) is 16.7 Å². The van der Waals surface area contributed by atoms with Crippen LogP contribution in [0.15, 0.2) is 18.2 Å². The molecule has 0 radical (unpaired) electrons. The second-order valence-corrected chi connectivity index (χ2v) is 13.8. The van der Waals surface area contributed by atoms with E-state index in [0.29, 0.717) is 52.4 Å². The number of nitrogens with zero attached hydrogens (tertiary/aromatic N) is 5. The molecule has 2 bridgehead atoms. The molecule has 0 unspecified atom stereocenters. The molecule has 42 heavy (non-hydrogen) atoms. The van der Waals surface area contributed by atoms with E-state index < -0.39 is 5.82 Å². The molecular formula is C30H31ClFN7O2S. The molecule has 9 rings (SSSR count). The van der Waals surface area contributed by atoms with Crippen molar-refractivity contribution in [3.05, 3.63) is 29.0 Å². The fourth-order valence-corrected chi connectivity index (χ4v) is 9.31. The average Bonchev–Trinajstić information content (AvgIpc) is 3.73. The van der Waals surface area contributed by atoms with E-state index in [1.165, 1.54) is 24.2 Å². The lowest BCUT2D eigenvalue weighted by molar-refractivity contribution is 0.108. The van der Waals surface area contributed by atoms with Crippen LogP contribution < -0.4 is 25.4 Å². The van der Waals surface area contributed by atoms with Crippen LogP contribution in [0.1, 0.15) is 38.5 Å². The van der Waals surface area contributed by atoms with Crippen LogP contribution in [0.25, 0.3) is 32.2 Å². The lowest BCUT2D eigenvalue weighted by Crippen LogP contribution is -2.60. The Morgan fingerprint density at radius 2 is 2.02 bits per heavy atom. The minimum absolute atomic E-state index is 0.0152. The maximum absolute atomic E-state index is 16.9. The van der Waals surface area contributed by atoms with E-state index in [1.807, 2.05) is 18.2 Å². The summed E-state index contributed by atoms with van der Waals surface area (Å²) in [7, 11) is 0. The highest BCUT2D eigenvalue weighted by Gasteiger charge is 2.46. The maximum atomic E-state index is 16.9. The second-order valence-electron chi connectivity index (χ2n) is 12.4. The van der Waals surface area contributed by atoms with Crippen molar-refractivity contribution in [3.63, 3.8) is 0 Å². The number of aromatic nitrogens is 3. The van der Waals surface area contributed by atoms with E-state index in [1.54, 1.807) is 0 Å². The molecule has 4 fully saturated rings. The number of piperazine rings is 1. The summed E-state index contributed by atoms with van der Waals surface area (Å²) in [5, 5.41) is 4.85. The third-order valence-corrected chi connectivity index (χ3v) is 11.4. The molecule has 0 aliphatic carbocycles. The first kappa shape index (κ1) is 25.5. The van der Waals surface area contributed by atoms with Crippen LogP contribution in [0.3, 0.4) is 0 Å². The first-order valence-electron chi connectivity index (χ1n) is 14.9. The Labute approximate surface area is 251 Å². The van der Waals surface area contributed by atoms with Gasteiger partial charge >= 0.3 is 6.01 Å². The Hall–Kier alpha value is -2.99. The lowest BCUT2D eigenvalue weighted by Gasteiger charge is -2.40. The third-order valence-electron chi connectivity index (χ3n) is 10.2. The largest absolute Gasteiger partial charge is 0.489 e. The first-order chi connectivity index (χ1) is 20.5. The molecular weight excluding hydrogens is 577 g/mol. The van der Waals surface area contributed by atoms with Crippen molar-refractivity contribution in [2.24, 2.45) is 0 Å². The SMILES string of the molecule is Nc1nc2c(-c3c(Cl)c4c5c(nc(OCC67CCCN6CCC7)nc5c3F)N3C[C@H]5CC[C@H](N5)[C@@H]3CO4)cccc2s1. The summed E-state index contributed by atoms with van der Waals surface area (Å²) in [6, 6.07) is 6.44. The Morgan fingerprint density at radius 1 is 1.17 bits per heavy atom. The molecule has 12 heteroatoms. The van der Waals surface area contributed by atoms with Gasteiger partial charge in [-0.3, -0.25) is 4.90 Å². The highest BCUT2D eigenvalue weighted by atomic mass is 35.5. The number of hydrogen-bond acceptors (Lipinski definition) is 10. The van der Waals surface area contributed by atoms with E-state index in [-0.39, 0.29) is 39.7 Å². The standard InChI is InChI=1S/C30H31ClFN7O2S/c31-22-20(16-4-1-5-19-24(16)35-28(33)42-19)23(32)25-21-26(22)40-13-18-17-7-6-15(34-17)12-39(18)27(21)37-29(36-25)41-14-30-8-2-10-38(30)11-3-9-30/h1,4-5,15,17-18,34H,2-3,6-14H2,(H2,33,35)/t15-,17+,18+/m1/s1. The summed E-state index contributed by atoms with van der Waals surface area (Å²) in [6.45, 7) is 3.86. The molecule has 5 aliphatic rings. The van der Waals surface area contributed by atoms with Gasteiger partial charge in [-0.15, -0.1) is 0 Å².